The molecule has 0 atom stereocenters. The zero-order valence-corrected chi connectivity index (χ0v) is 15.5. The van der Waals surface area contributed by atoms with Gasteiger partial charge < -0.3 is 10.0 Å². The highest BCUT2D eigenvalue weighted by atomic mass is 32.1. The molecule has 1 aliphatic carbocycles. The topological polar surface area (TPSA) is 40.5 Å². The van der Waals surface area contributed by atoms with Gasteiger partial charge in [-0.2, -0.15) is 0 Å². The summed E-state index contributed by atoms with van der Waals surface area (Å²) in [7, 11) is 0. The molecule has 5 heteroatoms. The Morgan fingerprint density at radius 3 is 2.79 bits per heavy atom. The molecule has 0 aliphatic heterocycles. The first-order valence-corrected chi connectivity index (χ1v) is 10.1. The van der Waals surface area contributed by atoms with Crippen molar-refractivity contribution in [3.8, 4) is 0 Å². The third kappa shape index (κ3) is 4.35. The average molecular weight is 362 g/mol. The molecule has 0 unspecified atom stereocenters. The minimum absolute atomic E-state index is 0.0458. The number of hydrogen-bond donors (Lipinski definition) is 1. The Bertz CT molecular complexity index is 711. The number of thiophene rings is 2. The van der Waals surface area contributed by atoms with Gasteiger partial charge >= 0.3 is 0 Å². The summed E-state index contributed by atoms with van der Waals surface area (Å²) >= 11 is 3.32. The highest BCUT2D eigenvalue weighted by Gasteiger charge is 2.25. The van der Waals surface area contributed by atoms with Crippen molar-refractivity contribution in [3.63, 3.8) is 0 Å². The van der Waals surface area contributed by atoms with Crippen LogP contribution >= 0.6 is 22.7 Å². The second-order valence-corrected chi connectivity index (χ2v) is 8.58. The van der Waals surface area contributed by atoms with Crippen molar-refractivity contribution in [2.24, 2.45) is 0 Å². The van der Waals surface area contributed by atoms with Gasteiger partial charge in [0, 0.05) is 26.7 Å². The Morgan fingerprint density at radius 1 is 1.38 bits per heavy atom. The van der Waals surface area contributed by atoms with E-state index in [2.05, 4.69) is 19.1 Å². The number of amides is 1. The molecule has 0 radical (unpaired) electrons. The second kappa shape index (κ2) is 8.10. The molecular formula is C19H23NO2S2. The number of aryl methyl sites for hydroxylation is 1. The highest BCUT2D eigenvalue weighted by Crippen LogP contribution is 2.27. The van der Waals surface area contributed by atoms with Crippen LogP contribution in [-0.2, 0) is 17.9 Å². The van der Waals surface area contributed by atoms with Crippen molar-refractivity contribution in [2.75, 3.05) is 0 Å². The molecule has 1 aliphatic rings. The minimum Gasteiger partial charge on any atom is -0.392 e. The molecular weight excluding hydrogens is 338 g/mol. The van der Waals surface area contributed by atoms with Gasteiger partial charge in [-0.3, -0.25) is 4.79 Å². The van der Waals surface area contributed by atoms with Gasteiger partial charge in [0.15, 0.2) is 0 Å². The number of hydrogen-bond acceptors (Lipinski definition) is 4. The lowest BCUT2D eigenvalue weighted by Crippen LogP contribution is -2.36. The molecule has 3 rings (SSSR count). The minimum atomic E-state index is 0.0458. The van der Waals surface area contributed by atoms with Crippen molar-refractivity contribution >= 4 is 34.7 Å². The fourth-order valence-electron chi connectivity index (χ4n) is 3.15. The van der Waals surface area contributed by atoms with E-state index in [4.69, 9.17) is 5.11 Å². The van der Waals surface area contributed by atoms with E-state index in [1.807, 2.05) is 22.4 Å². The lowest BCUT2D eigenvalue weighted by molar-refractivity contribution is -0.128. The summed E-state index contributed by atoms with van der Waals surface area (Å²) < 4.78 is 0. The van der Waals surface area contributed by atoms with Gasteiger partial charge in [-0.05, 0) is 55.0 Å². The Hall–Kier alpha value is -1.43. The molecule has 1 fully saturated rings. The fourth-order valence-corrected chi connectivity index (χ4v) is 4.84. The van der Waals surface area contributed by atoms with Crippen molar-refractivity contribution in [2.45, 2.75) is 51.8 Å². The third-order valence-corrected chi connectivity index (χ3v) is 6.35. The standard InChI is InChI=1S/C19H23NO2S2/c1-14-6-7-18(24-14)11-20(16-4-2-3-5-16)19(22)9-8-17-10-15(12-21)13-23-17/h6-10,13,16,21H,2-5,11-12H2,1H3/b9-8+. The first kappa shape index (κ1) is 17.4. The van der Waals surface area contributed by atoms with E-state index in [9.17, 15) is 4.79 Å². The summed E-state index contributed by atoms with van der Waals surface area (Å²) in [4.78, 5) is 18.4. The Morgan fingerprint density at radius 2 is 2.17 bits per heavy atom. The molecule has 1 amide bonds. The molecule has 0 saturated heterocycles. The number of carbonyl (C=O) groups is 1. The molecule has 2 aromatic heterocycles. The van der Waals surface area contributed by atoms with E-state index in [1.54, 1.807) is 28.7 Å². The van der Waals surface area contributed by atoms with Crippen molar-refractivity contribution < 1.29 is 9.90 Å². The monoisotopic (exact) mass is 361 g/mol. The van der Waals surface area contributed by atoms with Gasteiger partial charge in [-0.1, -0.05) is 12.8 Å². The maximum Gasteiger partial charge on any atom is 0.247 e. The average Bonchev–Trinajstić information content (AvgIpc) is 3.32. The summed E-state index contributed by atoms with van der Waals surface area (Å²) in [6.45, 7) is 2.86. The zero-order chi connectivity index (χ0) is 16.9. The smallest absolute Gasteiger partial charge is 0.247 e. The molecule has 0 aromatic carbocycles. The van der Waals surface area contributed by atoms with Crippen molar-refractivity contribution in [1.29, 1.82) is 0 Å². The van der Waals surface area contributed by atoms with Gasteiger partial charge in [-0.15, -0.1) is 22.7 Å². The van der Waals surface area contributed by atoms with E-state index in [1.165, 1.54) is 22.6 Å². The van der Waals surface area contributed by atoms with E-state index < -0.39 is 0 Å². The summed E-state index contributed by atoms with van der Waals surface area (Å²) in [5.74, 6) is 0.0897. The van der Waals surface area contributed by atoms with E-state index in [0.717, 1.165) is 23.3 Å². The van der Waals surface area contributed by atoms with Crippen LogP contribution in [0.25, 0.3) is 6.08 Å². The molecule has 3 nitrogen and oxygen atoms in total. The zero-order valence-electron chi connectivity index (χ0n) is 13.9. The van der Waals surface area contributed by atoms with Crippen LogP contribution in [-0.4, -0.2) is 22.0 Å². The number of nitrogens with zero attached hydrogens (tertiary/aromatic N) is 1. The molecule has 2 aromatic rings. The molecule has 24 heavy (non-hydrogen) atoms. The second-order valence-electron chi connectivity index (χ2n) is 6.27. The van der Waals surface area contributed by atoms with Gasteiger partial charge in [0.1, 0.15) is 0 Å². The number of aliphatic hydroxyl groups is 1. The first-order chi connectivity index (χ1) is 11.7. The van der Waals surface area contributed by atoms with Crippen LogP contribution in [0.4, 0.5) is 0 Å². The number of aliphatic hydroxyl groups excluding tert-OH is 1. The van der Waals surface area contributed by atoms with Gasteiger partial charge in [0.2, 0.25) is 5.91 Å². The number of carbonyl (C=O) groups excluding carboxylic acids is 1. The van der Waals surface area contributed by atoms with Crippen LogP contribution in [0.1, 0.15) is 45.9 Å². The van der Waals surface area contributed by atoms with Crippen LogP contribution < -0.4 is 0 Å². The third-order valence-electron chi connectivity index (χ3n) is 4.42. The summed E-state index contributed by atoms with van der Waals surface area (Å²) in [6, 6.07) is 6.54. The summed E-state index contributed by atoms with van der Waals surface area (Å²) in [5.41, 5.74) is 0.897. The summed E-state index contributed by atoms with van der Waals surface area (Å²) in [5, 5.41) is 11.1. The van der Waals surface area contributed by atoms with Gasteiger partial charge in [0.25, 0.3) is 0 Å². The van der Waals surface area contributed by atoms with Crippen LogP contribution in [0.2, 0.25) is 0 Å². The predicted octanol–water partition coefficient (Wildman–Crippen LogP) is 4.59. The van der Waals surface area contributed by atoms with Crippen LogP contribution in [0.15, 0.2) is 29.7 Å². The van der Waals surface area contributed by atoms with Gasteiger partial charge in [-0.25, -0.2) is 0 Å². The molecule has 128 valence electrons. The molecule has 0 bridgehead atoms. The van der Waals surface area contributed by atoms with Crippen molar-refractivity contribution in [3.05, 3.63) is 49.9 Å². The Balaban J connectivity index is 1.72. The van der Waals surface area contributed by atoms with Crippen LogP contribution in [0.3, 0.4) is 0 Å². The summed E-state index contributed by atoms with van der Waals surface area (Å²) in [6.07, 6.45) is 8.20. The van der Waals surface area contributed by atoms with Crippen molar-refractivity contribution in [1.82, 2.24) is 4.90 Å². The maximum absolute atomic E-state index is 12.8. The number of rotatable bonds is 6. The Labute approximate surface area is 151 Å². The van der Waals surface area contributed by atoms with Crippen LogP contribution in [0.5, 0.6) is 0 Å². The Kier molecular flexibility index (Phi) is 5.87. The van der Waals surface area contributed by atoms with E-state index in [-0.39, 0.29) is 12.5 Å². The SMILES string of the molecule is Cc1ccc(CN(C(=O)/C=C/c2cc(CO)cs2)C2CCCC2)s1. The lowest BCUT2D eigenvalue weighted by atomic mass is 10.2. The van der Waals surface area contributed by atoms with Crippen LogP contribution in [0, 0.1) is 6.92 Å². The van der Waals surface area contributed by atoms with E-state index >= 15 is 0 Å². The largest absolute Gasteiger partial charge is 0.392 e. The molecule has 1 N–H and O–H groups in total. The van der Waals surface area contributed by atoms with Gasteiger partial charge in [0.05, 0.1) is 13.2 Å². The fraction of sp³-hybridized carbons (Fsp3) is 0.421. The molecule has 0 spiro atoms. The predicted molar refractivity (Wildman–Crippen MR) is 101 cm³/mol. The first-order valence-electron chi connectivity index (χ1n) is 8.38. The van der Waals surface area contributed by atoms with E-state index in [0.29, 0.717) is 12.6 Å². The normalized spacial score (nSPS) is 15.4. The molecule has 1 saturated carbocycles. The maximum atomic E-state index is 12.8. The lowest BCUT2D eigenvalue weighted by Gasteiger charge is -2.27. The quantitative estimate of drug-likeness (QED) is 0.764. The molecule has 2 heterocycles. The highest BCUT2D eigenvalue weighted by molar-refractivity contribution is 7.12.